The highest BCUT2D eigenvalue weighted by molar-refractivity contribution is 5.56. The van der Waals surface area contributed by atoms with Crippen molar-refractivity contribution in [1.82, 2.24) is 4.98 Å². The molecule has 0 amide bonds. The second-order valence-corrected chi connectivity index (χ2v) is 2.70. The molecular weight excluding hydrogens is 241 g/mol. The molecule has 1 aromatic heterocycles. The lowest BCUT2D eigenvalue weighted by Gasteiger charge is -2.15. The van der Waals surface area contributed by atoms with Gasteiger partial charge in [0.2, 0.25) is 5.75 Å². The van der Waals surface area contributed by atoms with E-state index in [0.29, 0.717) is 0 Å². The SMILES string of the molecule is COc1ncc(C#N)c(OC)c1OC(F)(F)F. The Labute approximate surface area is 94.3 Å². The van der Waals surface area contributed by atoms with Crippen LogP contribution in [0.2, 0.25) is 0 Å². The Balaban J connectivity index is 3.36. The van der Waals surface area contributed by atoms with Gasteiger partial charge < -0.3 is 14.2 Å². The van der Waals surface area contributed by atoms with E-state index < -0.39 is 18.0 Å². The summed E-state index contributed by atoms with van der Waals surface area (Å²) in [6.07, 6.45) is -3.91. The lowest BCUT2D eigenvalue weighted by atomic mass is 10.2. The van der Waals surface area contributed by atoms with Gasteiger partial charge in [0.1, 0.15) is 11.6 Å². The summed E-state index contributed by atoms with van der Waals surface area (Å²) in [6, 6.07) is 1.63. The van der Waals surface area contributed by atoms with E-state index in [0.717, 1.165) is 20.4 Å². The second kappa shape index (κ2) is 4.78. The Kier molecular flexibility index (Phi) is 3.62. The Morgan fingerprint density at radius 3 is 2.29 bits per heavy atom. The van der Waals surface area contributed by atoms with Crippen LogP contribution in [-0.2, 0) is 0 Å². The van der Waals surface area contributed by atoms with E-state index in [1.165, 1.54) is 0 Å². The molecule has 0 aliphatic heterocycles. The van der Waals surface area contributed by atoms with Crippen LogP contribution in [0.15, 0.2) is 6.20 Å². The van der Waals surface area contributed by atoms with Gasteiger partial charge in [0, 0.05) is 0 Å². The molecule has 0 aliphatic carbocycles. The van der Waals surface area contributed by atoms with Crippen LogP contribution < -0.4 is 14.2 Å². The van der Waals surface area contributed by atoms with Crippen molar-refractivity contribution in [2.24, 2.45) is 0 Å². The first-order valence-corrected chi connectivity index (χ1v) is 4.19. The number of ether oxygens (including phenoxy) is 3. The maximum Gasteiger partial charge on any atom is 0.573 e. The standard InChI is InChI=1S/C9H7F3N2O3/c1-15-6-5(3-13)4-14-8(16-2)7(6)17-9(10,11)12/h4H,1-2H3. The van der Waals surface area contributed by atoms with Crippen LogP contribution in [-0.4, -0.2) is 25.6 Å². The summed E-state index contributed by atoms with van der Waals surface area (Å²) >= 11 is 0. The van der Waals surface area contributed by atoms with Crippen LogP contribution in [0, 0.1) is 11.3 Å². The molecule has 17 heavy (non-hydrogen) atoms. The highest BCUT2D eigenvalue weighted by atomic mass is 19.4. The van der Waals surface area contributed by atoms with Gasteiger partial charge in [-0.2, -0.15) is 5.26 Å². The zero-order valence-electron chi connectivity index (χ0n) is 8.83. The van der Waals surface area contributed by atoms with E-state index in [9.17, 15) is 13.2 Å². The first kappa shape index (κ1) is 12.9. The number of rotatable bonds is 3. The number of nitriles is 1. The molecule has 0 bridgehead atoms. The van der Waals surface area contributed by atoms with Crippen molar-refractivity contribution in [3.63, 3.8) is 0 Å². The number of halogens is 3. The van der Waals surface area contributed by atoms with Crippen molar-refractivity contribution in [2.45, 2.75) is 6.36 Å². The number of hydrogen-bond acceptors (Lipinski definition) is 5. The zero-order valence-corrected chi connectivity index (χ0v) is 8.83. The normalized spacial score (nSPS) is 10.6. The van der Waals surface area contributed by atoms with Gasteiger partial charge in [-0.05, 0) is 0 Å². The Morgan fingerprint density at radius 2 is 1.88 bits per heavy atom. The molecule has 1 rings (SSSR count). The van der Waals surface area contributed by atoms with E-state index in [1.807, 2.05) is 0 Å². The molecule has 1 heterocycles. The first-order chi connectivity index (χ1) is 7.92. The van der Waals surface area contributed by atoms with Gasteiger partial charge >= 0.3 is 6.36 Å². The van der Waals surface area contributed by atoms with Crippen LogP contribution in [0.4, 0.5) is 13.2 Å². The summed E-state index contributed by atoms with van der Waals surface area (Å²) in [7, 11) is 2.23. The summed E-state index contributed by atoms with van der Waals surface area (Å²) < 4.78 is 49.5. The van der Waals surface area contributed by atoms with Crippen LogP contribution in [0.1, 0.15) is 5.56 Å². The van der Waals surface area contributed by atoms with Crippen molar-refractivity contribution < 1.29 is 27.4 Å². The molecule has 0 aliphatic rings. The van der Waals surface area contributed by atoms with E-state index in [1.54, 1.807) is 6.07 Å². The van der Waals surface area contributed by atoms with E-state index >= 15 is 0 Å². The fraction of sp³-hybridized carbons (Fsp3) is 0.333. The lowest BCUT2D eigenvalue weighted by molar-refractivity contribution is -0.275. The third-order valence-corrected chi connectivity index (χ3v) is 1.69. The number of pyridine rings is 1. The molecule has 0 saturated heterocycles. The third kappa shape index (κ3) is 2.90. The number of nitrogens with zero attached hydrogens (tertiary/aromatic N) is 2. The lowest BCUT2D eigenvalue weighted by Crippen LogP contribution is -2.18. The average molecular weight is 248 g/mol. The molecule has 0 saturated carbocycles. The predicted molar refractivity (Wildman–Crippen MR) is 48.7 cm³/mol. The van der Waals surface area contributed by atoms with Crippen molar-refractivity contribution in [2.75, 3.05) is 14.2 Å². The van der Waals surface area contributed by atoms with Crippen molar-refractivity contribution in [3.05, 3.63) is 11.8 Å². The number of aromatic nitrogens is 1. The topological polar surface area (TPSA) is 64.4 Å². The average Bonchev–Trinajstić information content (AvgIpc) is 2.26. The molecule has 1 aromatic rings. The van der Waals surface area contributed by atoms with Crippen LogP contribution in [0.5, 0.6) is 17.4 Å². The quantitative estimate of drug-likeness (QED) is 0.816. The van der Waals surface area contributed by atoms with Gasteiger partial charge in [-0.25, -0.2) is 4.98 Å². The highest BCUT2D eigenvalue weighted by Gasteiger charge is 2.35. The van der Waals surface area contributed by atoms with Crippen LogP contribution in [0.3, 0.4) is 0 Å². The molecule has 0 N–H and O–H groups in total. The molecule has 8 heteroatoms. The fourth-order valence-corrected chi connectivity index (χ4v) is 1.09. The van der Waals surface area contributed by atoms with Crippen molar-refractivity contribution in [1.29, 1.82) is 5.26 Å². The molecule has 0 spiro atoms. The van der Waals surface area contributed by atoms with Gasteiger partial charge in [-0.1, -0.05) is 0 Å². The Morgan fingerprint density at radius 1 is 1.24 bits per heavy atom. The largest absolute Gasteiger partial charge is 0.573 e. The van der Waals surface area contributed by atoms with Gasteiger partial charge in [0.05, 0.1) is 20.4 Å². The minimum absolute atomic E-state index is 0.187. The summed E-state index contributed by atoms with van der Waals surface area (Å²) in [5, 5.41) is 8.69. The van der Waals surface area contributed by atoms with E-state index in [4.69, 9.17) is 5.26 Å². The first-order valence-electron chi connectivity index (χ1n) is 4.19. The maximum absolute atomic E-state index is 12.2. The van der Waals surface area contributed by atoms with Gasteiger partial charge in [0.25, 0.3) is 5.88 Å². The monoisotopic (exact) mass is 248 g/mol. The zero-order chi connectivity index (χ0) is 13.1. The summed E-state index contributed by atoms with van der Waals surface area (Å²) in [5.74, 6) is -1.57. The molecule has 0 fully saturated rings. The van der Waals surface area contributed by atoms with Gasteiger partial charge in [-0.3, -0.25) is 0 Å². The van der Waals surface area contributed by atoms with Crippen LogP contribution >= 0.6 is 0 Å². The smallest absolute Gasteiger partial charge is 0.491 e. The predicted octanol–water partition coefficient (Wildman–Crippen LogP) is 1.87. The molecule has 92 valence electrons. The molecule has 5 nitrogen and oxygen atoms in total. The molecule has 0 atom stereocenters. The third-order valence-electron chi connectivity index (χ3n) is 1.69. The molecule has 0 unspecified atom stereocenters. The molecule has 0 radical (unpaired) electrons. The van der Waals surface area contributed by atoms with E-state index in [2.05, 4.69) is 19.2 Å². The Bertz CT molecular complexity index is 454. The minimum atomic E-state index is -4.93. The fourth-order valence-electron chi connectivity index (χ4n) is 1.09. The number of methoxy groups -OCH3 is 2. The second-order valence-electron chi connectivity index (χ2n) is 2.70. The summed E-state index contributed by atoms with van der Waals surface area (Å²) in [4.78, 5) is 3.51. The van der Waals surface area contributed by atoms with Gasteiger partial charge in [0.15, 0.2) is 5.75 Å². The molecular formula is C9H7F3N2O3. The van der Waals surface area contributed by atoms with Crippen LogP contribution in [0.25, 0.3) is 0 Å². The highest BCUT2D eigenvalue weighted by Crippen LogP contribution is 2.40. The van der Waals surface area contributed by atoms with Crippen molar-refractivity contribution >= 4 is 0 Å². The summed E-state index contributed by atoms with van der Waals surface area (Å²) in [6.45, 7) is 0. The summed E-state index contributed by atoms with van der Waals surface area (Å²) in [5.41, 5.74) is -0.187. The number of alkyl halides is 3. The number of hydrogen-bond donors (Lipinski definition) is 0. The van der Waals surface area contributed by atoms with Gasteiger partial charge in [-0.15, -0.1) is 13.2 Å². The van der Waals surface area contributed by atoms with Crippen molar-refractivity contribution in [3.8, 4) is 23.4 Å². The minimum Gasteiger partial charge on any atom is -0.491 e. The Hall–Kier alpha value is -2.17. The maximum atomic E-state index is 12.2. The molecule has 0 aromatic carbocycles. The van der Waals surface area contributed by atoms with E-state index in [-0.39, 0.29) is 11.3 Å².